The summed E-state index contributed by atoms with van der Waals surface area (Å²) in [5.41, 5.74) is 4.28. The lowest BCUT2D eigenvalue weighted by Crippen LogP contribution is -2.46. The fourth-order valence-electron chi connectivity index (χ4n) is 6.35. The number of unbranched alkanes of at least 4 members (excludes halogenated alkanes) is 9. The normalized spacial score (nSPS) is 20.4. The number of aromatic nitrogens is 4. The number of imidazole rings is 1. The minimum Gasteiger partial charge on any atom is -0.386 e. The Balaban J connectivity index is 1.33. The van der Waals surface area contributed by atoms with Gasteiger partial charge in [-0.25, -0.2) is 28.6 Å². The first-order chi connectivity index (χ1) is 30.6. The zero-order chi connectivity index (χ0) is 48.3. The van der Waals surface area contributed by atoms with Crippen LogP contribution in [-0.4, -0.2) is 123 Å². The molecule has 1 saturated heterocycles. The number of phosphoric acid groups is 3. The van der Waals surface area contributed by atoms with Gasteiger partial charge in [0, 0.05) is 37.1 Å². The maximum absolute atomic E-state index is 12.7. The van der Waals surface area contributed by atoms with Crippen LogP contribution in [0.2, 0.25) is 0 Å². The predicted octanol–water partition coefficient (Wildman–Crippen LogP) is 3.92. The van der Waals surface area contributed by atoms with E-state index in [1.165, 1.54) is 39.5 Å². The van der Waals surface area contributed by atoms with Gasteiger partial charge in [-0.1, -0.05) is 83.2 Å². The van der Waals surface area contributed by atoms with Gasteiger partial charge in [-0.05, 0) is 32.1 Å². The van der Waals surface area contributed by atoms with Crippen molar-refractivity contribution < 1.29 is 80.5 Å². The molecule has 2 aromatic heterocycles. The van der Waals surface area contributed by atoms with Gasteiger partial charge < -0.3 is 50.9 Å². The highest BCUT2D eigenvalue weighted by Gasteiger charge is 2.50. The number of nitrogens with two attached hydrogens (primary N) is 1. The van der Waals surface area contributed by atoms with E-state index in [2.05, 4.69) is 53.5 Å². The fourth-order valence-corrected chi connectivity index (χ4v) is 9.90. The first-order valence-corrected chi connectivity index (χ1v) is 26.8. The van der Waals surface area contributed by atoms with Gasteiger partial charge in [0.2, 0.25) is 11.8 Å². The summed E-state index contributed by atoms with van der Waals surface area (Å²) >= 11 is 1.15. The zero-order valence-electron chi connectivity index (χ0n) is 36.7. The third-order valence-corrected chi connectivity index (χ3v) is 13.9. The molecule has 0 radical (unpaired) electrons. The van der Waals surface area contributed by atoms with Crippen molar-refractivity contribution in [3.8, 4) is 0 Å². The number of thioether (sulfide) groups is 1. The topological polar surface area (TPSA) is 364 Å². The number of fused-ring (bicyclic) bond motifs is 1. The Bertz CT molecular complexity index is 2010. The lowest BCUT2D eigenvalue weighted by molar-refractivity contribution is -0.137. The van der Waals surface area contributed by atoms with E-state index in [0.29, 0.717) is 12.2 Å². The van der Waals surface area contributed by atoms with Crippen LogP contribution >= 0.6 is 35.2 Å². The van der Waals surface area contributed by atoms with Crippen molar-refractivity contribution in [1.82, 2.24) is 30.2 Å². The van der Waals surface area contributed by atoms with Crippen LogP contribution < -0.4 is 16.4 Å². The molecule has 0 saturated carbocycles. The van der Waals surface area contributed by atoms with Crippen LogP contribution in [0.15, 0.2) is 24.8 Å². The first kappa shape index (κ1) is 56.6. The van der Waals surface area contributed by atoms with E-state index >= 15 is 0 Å². The number of nitrogen functional groups attached to an aromatic ring is 1. The van der Waals surface area contributed by atoms with Crippen LogP contribution in [0.1, 0.15) is 110 Å². The molecule has 1 aliphatic rings. The van der Waals surface area contributed by atoms with Crippen molar-refractivity contribution in [2.45, 2.75) is 135 Å². The second kappa shape index (κ2) is 27.3. The maximum Gasteiger partial charge on any atom is 0.481 e. The molecule has 370 valence electrons. The number of carbonyl (C=O) groups excluding carboxylic acids is 3. The number of amides is 2. The van der Waals surface area contributed by atoms with Crippen LogP contribution in [0.4, 0.5) is 5.82 Å². The summed E-state index contributed by atoms with van der Waals surface area (Å²) < 4.78 is 62.4. The van der Waals surface area contributed by atoms with E-state index in [-0.39, 0.29) is 41.6 Å². The molecule has 4 unspecified atom stereocenters. The second-order valence-electron chi connectivity index (χ2n) is 15.9. The Morgan fingerprint density at radius 3 is 2.25 bits per heavy atom. The molecule has 1 aliphatic heterocycles. The molecule has 0 bridgehead atoms. The van der Waals surface area contributed by atoms with E-state index in [1.54, 1.807) is 0 Å². The number of rotatable bonds is 32. The van der Waals surface area contributed by atoms with Crippen LogP contribution in [0, 0.1) is 5.41 Å². The number of hydrogen-bond donors (Lipinski definition) is 9. The van der Waals surface area contributed by atoms with Gasteiger partial charge in [-0.3, -0.25) is 32.5 Å². The minimum atomic E-state index is -5.57. The lowest BCUT2D eigenvalue weighted by Gasteiger charge is -2.30. The van der Waals surface area contributed by atoms with Crippen molar-refractivity contribution in [2.24, 2.45) is 5.41 Å². The Morgan fingerprint density at radius 2 is 1.57 bits per heavy atom. The number of hydrogen-bond acceptors (Lipinski definition) is 18. The minimum absolute atomic E-state index is 0.0328. The molecule has 0 spiro atoms. The molecule has 28 heteroatoms. The SMILES string of the molecule is CCCCCC/C=C\CCCCCCCC(=O)SCCNC(=O)CCNC(=O)[C@H](O)C(C)(C)COP(=O)(O)OP(=O)(O)OC[C@H]1O[C@@H](n2cnc3c(N)ncnc32)C(O)C1OP(=O)(O)O. The first-order valence-electron chi connectivity index (χ1n) is 21.3. The highest BCUT2D eigenvalue weighted by molar-refractivity contribution is 8.13. The smallest absolute Gasteiger partial charge is 0.386 e. The molecule has 24 nitrogen and oxygen atoms in total. The number of phosphoric ester groups is 3. The quantitative estimate of drug-likeness (QED) is 0.0285. The average Bonchev–Trinajstić information content (AvgIpc) is 3.79. The Hall–Kier alpha value is -2.70. The van der Waals surface area contributed by atoms with Crippen LogP contribution in [0.25, 0.3) is 11.2 Å². The van der Waals surface area contributed by atoms with Gasteiger partial charge in [0.05, 0.1) is 19.5 Å². The third-order valence-electron chi connectivity index (χ3n) is 9.91. The van der Waals surface area contributed by atoms with Crippen molar-refractivity contribution >= 4 is 69.1 Å². The Labute approximate surface area is 381 Å². The summed E-state index contributed by atoms with van der Waals surface area (Å²) in [6.45, 7) is 2.77. The van der Waals surface area contributed by atoms with Crippen molar-refractivity contribution in [3.63, 3.8) is 0 Å². The molecule has 65 heavy (non-hydrogen) atoms. The van der Waals surface area contributed by atoms with E-state index in [4.69, 9.17) is 19.5 Å². The summed E-state index contributed by atoms with van der Waals surface area (Å²) in [5, 5.41) is 26.6. The molecular formula is C37H64N7O17P3S. The number of anilines is 1. The number of ether oxygens (including phenoxy) is 1. The highest BCUT2D eigenvalue weighted by atomic mass is 32.2. The van der Waals surface area contributed by atoms with E-state index < -0.39 is 84.6 Å². The summed E-state index contributed by atoms with van der Waals surface area (Å²) in [4.78, 5) is 88.2. The molecule has 0 aromatic carbocycles. The maximum atomic E-state index is 12.7. The number of nitrogens with zero attached hydrogens (tertiary/aromatic N) is 4. The Kier molecular flexibility index (Phi) is 23.8. The van der Waals surface area contributed by atoms with E-state index in [1.807, 2.05) is 0 Å². The molecular weight excluding hydrogens is 939 g/mol. The van der Waals surface area contributed by atoms with E-state index in [9.17, 15) is 57.9 Å². The number of nitrogens with one attached hydrogen (secondary N) is 2. The molecule has 1 fully saturated rings. The summed E-state index contributed by atoms with van der Waals surface area (Å²) in [7, 11) is -16.4. The summed E-state index contributed by atoms with van der Waals surface area (Å²) in [6.07, 6.45) is 10.7. The van der Waals surface area contributed by atoms with Gasteiger partial charge in [-0.2, -0.15) is 4.31 Å². The summed E-state index contributed by atoms with van der Waals surface area (Å²) in [5.74, 6) is -1.03. The zero-order valence-corrected chi connectivity index (χ0v) is 40.2. The van der Waals surface area contributed by atoms with E-state index in [0.717, 1.165) is 73.9 Å². The number of aliphatic hydroxyl groups is 2. The van der Waals surface area contributed by atoms with Gasteiger partial charge in [0.1, 0.15) is 36.3 Å². The highest BCUT2D eigenvalue weighted by Crippen LogP contribution is 2.61. The second-order valence-corrected chi connectivity index (χ2v) is 21.3. The number of allylic oxidation sites excluding steroid dienone is 2. The van der Waals surface area contributed by atoms with Crippen molar-refractivity contribution in [3.05, 3.63) is 24.8 Å². The van der Waals surface area contributed by atoms with Crippen LogP contribution in [0.3, 0.4) is 0 Å². The van der Waals surface area contributed by atoms with Gasteiger partial charge in [-0.15, -0.1) is 0 Å². The molecule has 2 aromatic rings. The Morgan fingerprint density at radius 1 is 0.923 bits per heavy atom. The fraction of sp³-hybridized carbons (Fsp3) is 0.730. The van der Waals surface area contributed by atoms with Crippen LogP contribution in [-0.2, 0) is 50.7 Å². The van der Waals surface area contributed by atoms with Crippen molar-refractivity contribution in [2.75, 3.05) is 37.8 Å². The predicted molar refractivity (Wildman–Crippen MR) is 237 cm³/mol. The average molecular weight is 1000 g/mol. The molecule has 2 amide bonds. The van der Waals surface area contributed by atoms with Crippen LogP contribution in [0.5, 0.6) is 0 Å². The van der Waals surface area contributed by atoms with Crippen molar-refractivity contribution in [1.29, 1.82) is 0 Å². The lowest BCUT2D eigenvalue weighted by atomic mass is 9.87. The molecule has 3 rings (SSSR count). The molecule has 3 heterocycles. The summed E-state index contributed by atoms with van der Waals surface area (Å²) in [6, 6.07) is 0. The largest absolute Gasteiger partial charge is 0.481 e. The molecule has 0 aliphatic carbocycles. The third kappa shape index (κ3) is 20.6. The number of carbonyl (C=O) groups is 3. The van der Waals surface area contributed by atoms with Gasteiger partial charge in [0.25, 0.3) is 0 Å². The molecule has 7 atom stereocenters. The van der Waals surface area contributed by atoms with Gasteiger partial charge >= 0.3 is 23.5 Å². The monoisotopic (exact) mass is 1000 g/mol. The number of aliphatic hydroxyl groups excluding tert-OH is 2. The standard InChI is InChI=1S/C37H64N7O17P3S/c1-4-5-6-7-8-9-10-11-12-13-14-15-16-17-28(46)65-21-20-39-27(45)18-19-40-35(49)32(48)37(2,3)23-58-64(55,56)61-63(53,54)57-22-26-31(60-62(50,51)52)30(47)36(59-26)44-25-43-29-33(38)41-24-42-34(29)44/h9-10,24-26,30-32,36,47-48H,4-8,11-23H2,1-3H3,(H,39,45)(H,40,49)(H,53,54)(H,55,56)(H2,38,41,42)(H2,50,51,52)/b10-9-/t26-,30?,31?,32+,36-/m1/s1. The van der Waals surface area contributed by atoms with Gasteiger partial charge in [0.15, 0.2) is 22.8 Å². The molecule has 10 N–H and O–H groups in total.